The van der Waals surface area contributed by atoms with Crippen LogP contribution in [0.25, 0.3) is 10.2 Å². The molecule has 19 heavy (non-hydrogen) atoms. The van der Waals surface area contributed by atoms with Crippen LogP contribution in [-0.4, -0.2) is 10.9 Å². The van der Waals surface area contributed by atoms with E-state index in [4.69, 9.17) is 0 Å². The number of hydrogen-bond donors (Lipinski definition) is 1. The van der Waals surface area contributed by atoms with E-state index in [1.165, 1.54) is 0 Å². The van der Waals surface area contributed by atoms with Gasteiger partial charge in [-0.1, -0.05) is 6.07 Å². The van der Waals surface area contributed by atoms with Gasteiger partial charge in [0.25, 0.3) is 5.91 Å². The number of carbonyl (C=O) groups is 1. The van der Waals surface area contributed by atoms with Gasteiger partial charge in [0.05, 0.1) is 21.8 Å². The van der Waals surface area contributed by atoms with Gasteiger partial charge in [-0.15, -0.1) is 22.7 Å². The Hall–Kier alpha value is -1.72. The molecule has 0 radical (unpaired) electrons. The van der Waals surface area contributed by atoms with Gasteiger partial charge < -0.3 is 5.32 Å². The minimum atomic E-state index is -0.0452. The average Bonchev–Trinajstić information content (AvgIpc) is 3.09. The van der Waals surface area contributed by atoms with Crippen molar-refractivity contribution in [1.29, 1.82) is 0 Å². The summed E-state index contributed by atoms with van der Waals surface area (Å²) in [6.45, 7) is 2.00. The van der Waals surface area contributed by atoms with Crippen molar-refractivity contribution in [2.24, 2.45) is 0 Å². The number of benzene rings is 1. The molecule has 5 heteroatoms. The maximum absolute atomic E-state index is 12.2. The molecule has 1 aromatic carbocycles. The second-order valence-corrected chi connectivity index (χ2v) is 6.11. The first-order valence-electron chi connectivity index (χ1n) is 5.91. The molecule has 0 bridgehead atoms. The van der Waals surface area contributed by atoms with Crippen molar-refractivity contribution in [3.05, 3.63) is 51.7 Å². The Kier molecular flexibility index (Phi) is 3.31. The van der Waals surface area contributed by atoms with Gasteiger partial charge in [-0.2, -0.15) is 0 Å². The molecule has 3 rings (SSSR count). The molecule has 0 aliphatic rings. The Morgan fingerprint density at radius 2 is 2.21 bits per heavy atom. The summed E-state index contributed by atoms with van der Waals surface area (Å²) in [5, 5.41) is 5.03. The first-order chi connectivity index (χ1) is 9.24. The lowest BCUT2D eigenvalue weighted by molar-refractivity contribution is 0.0940. The topological polar surface area (TPSA) is 42.0 Å². The quantitative estimate of drug-likeness (QED) is 0.795. The maximum atomic E-state index is 12.2. The van der Waals surface area contributed by atoms with Crippen molar-refractivity contribution in [3.8, 4) is 0 Å². The highest BCUT2D eigenvalue weighted by molar-refractivity contribution is 7.16. The zero-order chi connectivity index (χ0) is 13.2. The second kappa shape index (κ2) is 5.11. The van der Waals surface area contributed by atoms with Crippen LogP contribution in [0.2, 0.25) is 0 Å². The largest absolute Gasteiger partial charge is 0.345 e. The lowest BCUT2D eigenvalue weighted by Gasteiger charge is -2.12. The normalized spacial score (nSPS) is 12.5. The fourth-order valence-electron chi connectivity index (χ4n) is 1.89. The summed E-state index contributed by atoms with van der Waals surface area (Å²) >= 11 is 3.20. The second-order valence-electron chi connectivity index (χ2n) is 4.25. The Balaban J connectivity index is 1.79. The van der Waals surface area contributed by atoms with E-state index in [1.54, 1.807) is 28.2 Å². The van der Waals surface area contributed by atoms with Gasteiger partial charge in [0, 0.05) is 10.4 Å². The van der Waals surface area contributed by atoms with Crippen molar-refractivity contribution in [2.75, 3.05) is 0 Å². The van der Waals surface area contributed by atoms with Gasteiger partial charge in [0.2, 0.25) is 0 Å². The highest BCUT2D eigenvalue weighted by Gasteiger charge is 2.12. The SMILES string of the molecule is C[C@H](NC(=O)c1ccc2ncsc2c1)c1cccs1. The van der Waals surface area contributed by atoms with Gasteiger partial charge in [-0.05, 0) is 36.6 Å². The minimum Gasteiger partial charge on any atom is -0.345 e. The number of fused-ring (bicyclic) bond motifs is 1. The molecule has 1 atom stereocenters. The third kappa shape index (κ3) is 2.52. The number of hydrogen-bond acceptors (Lipinski definition) is 4. The van der Waals surface area contributed by atoms with Crippen molar-refractivity contribution < 1.29 is 4.79 Å². The highest BCUT2D eigenvalue weighted by atomic mass is 32.1. The van der Waals surface area contributed by atoms with Crippen LogP contribution in [0.4, 0.5) is 0 Å². The highest BCUT2D eigenvalue weighted by Crippen LogP contribution is 2.21. The van der Waals surface area contributed by atoms with E-state index >= 15 is 0 Å². The van der Waals surface area contributed by atoms with Crippen molar-refractivity contribution in [2.45, 2.75) is 13.0 Å². The fraction of sp³-hybridized carbons (Fsp3) is 0.143. The third-order valence-electron chi connectivity index (χ3n) is 2.91. The number of nitrogens with one attached hydrogen (secondary N) is 1. The number of rotatable bonds is 3. The Bertz CT molecular complexity index is 703. The zero-order valence-electron chi connectivity index (χ0n) is 10.3. The lowest BCUT2D eigenvalue weighted by Crippen LogP contribution is -2.25. The molecular formula is C14H12N2OS2. The van der Waals surface area contributed by atoms with E-state index in [1.807, 2.05) is 42.6 Å². The molecular weight excluding hydrogens is 276 g/mol. The fourth-order valence-corrected chi connectivity index (χ4v) is 3.34. The minimum absolute atomic E-state index is 0.0321. The first kappa shape index (κ1) is 12.3. The van der Waals surface area contributed by atoms with E-state index in [2.05, 4.69) is 10.3 Å². The molecule has 0 saturated carbocycles. The van der Waals surface area contributed by atoms with E-state index in [0.717, 1.165) is 15.1 Å². The van der Waals surface area contributed by atoms with Crippen molar-refractivity contribution in [3.63, 3.8) is 0 Å². The molecule has 2 heterocycles. The van der Waals surface area contributed by atoms with E-state index in [9.17, 15) is 4.79 Å². The van der Waals surface area contributed by atoms with Crippen LogP contribution in [0.5, 0.6) is 0 Å². The monoisotopic (exact) mass is 288 g/mol. The van der Waals surface area contributed by atoms with Gasteiger partial charge >= 0.3 is 0 Å². The molecule has 0 aliphatic carbocycles. The summed E-state index contributed by atoms with van der Waals surface area (Å²) in [6.07, 6.45) is 0. The average molecular weight is 288 g/mol. The van der Waals surface area contributed by atoms with E-state index in [-0.39, 0.29) is 11.9 Å². The number of thiophene rings is 1. The van der Waals surface area contributed by atoms with Crippen molar-refractivity contribution >= 4 is 38.8 Å². The summed E-state index contributed by atoms with van der Waals surface area (Å²) in [5.74, 6) is -0.0452. The summed E-state index contributed by atoms with van der Waals surface area (Å²) in [6, 6.07) is 9.65. The number of carbonyl (C=O) groups excluding carboxylic acids is 1. The maximum Gasteiger partial charge on any atom is 0.251 e. The van der Waals surface area contributed by atoms with Gasteiger partial charge in [0.1, 0.15) is 0 Å². The van der Waals surface area contributed by atoms with Crippen LogP contribution in [0, 0.1) is 0 Å². The van der Waals surface area contributed by atoms with Crippen LogP contribution in [0.15, 0.2) is 41.2 Å². The molecule has 1 N–H and O–H groups in total. The first-order valence-corrected chi connectivity index (χ1v) is 7.67. The molecule has 0 spiro atoms. The predicted octanol–water partition coefficient (Wildman–Crippen LogP) is 3.85. The Labute approximate surface area is 118 Å². The molecule has 1 amide bonds. The van der Waals surface area contributed by atoms with Gasteiger partial charge in [0.15, 0.2) is 0 Å². The molecule has 3 nitrogen and oxygen atoms in total. The van der Waals surface area contributed by atoms with E-state index < -0.39 is 0 Å². The van der Waals surface area contributed by atoms with Crippen molar-refractivity contribution in [1.82, 2.24) is 10.3 Å². The van der Waals surface area contributed by atoms with Crippen LogP contribution in [0.3, 0.4) is 0 Å². The Morgan fingerprint density at radius 3 is 3.00 bits per heavy atom. The molecule has 0 unspecified atom stereocenters. The number of amides is 1. The number of aromatic nitrogens is 1. The molecule has 3 aromatic rings. The van der Waals surface area contributed by atoms with Crippen LogP contribution in [0.1, 0.15) is 28.2 Å². The van der Waals surface area contributed by atoms with Crippen LogP contribution in [-0.2, 0) is 0 Å². The molecule has 0 fully saturated rings. The van der Waals surface area contributed by atoms with Crippen LogP contribution >= 0.6 is 22.7 Å². The van der Waals surface area contributed by atoms with Crippen LogP contribution < -0.4 is 5.32 Å². The zero-order valence-corrected chi connectivity index (χ0v) is 11.9. The summed E-state index contributed by atoms with van der Waals surface area (Å²) < 4.78 is 1.04. The molecule has 0 saturated heterocycles. The third-order valence-corrected chi connectivity index (χ3v) is 4.76. The summed E-state index contributed by atoms with van der Waals surface area (Å²) in [4.78, 5) is 17.6. The summed E-state index contributed by atoms with van der Waals surface area (Å²) in [5.41, 5.74) is 3.41. The smallest absolute Gasteiger partial charge is 0.251 e. The Morgan fingerprint density at radius 1 is 1.32 bits per heavy atom. The molecule has 0 aliphatic heterocycles. The van der Waals surface area contributed by atoms with Gasteiger partial charge in [-0.25, -0.2) is 4.98 Å². The molecule has 96 valence electrons. The standard InChI is InChI=1S/C14H12N2OS2/c1-9(12-3-2-6-18-12)16-14(17)10-4-5-11-13(7-10)19-8-15-11/h2-9H,1H3,(H,16,17)/t9-/m0/s1. The van der Waals surface area contributed by atoms with Gasteiger partial charge in [-0.3, -0.25) is 4.79 Å². The number of thiazole rings is 1. The lowest BCUT2D eigenvalue weighted by atomic mass is 10.2. The number of nitrogens with zero attached hydrogens (tertiary/aromatic N) is 1. The summed E-state index contributed by atoms with van der Waals surface area (Å²) in [7, 11) is 0. The predicted molar refractivity (Wildman–Crippen MR) is 79.8 cm³/mol. The molecule has 2 aromatic heterocycles. The van der Waals surface area contributed by atoms with E-state index in [0.29, 0.717) is 5.56 Å².